The molecule has 0 saturated heterocycles. The molecule has 0 aliphatic carbocycles. The topological polar surface area (TPSA) is 88.1 Å². The molecule has 7 heteroatoms. The molecule has 1 atom stereocenters. The molecular weight excluding hydrogens is 388 g/mol. The maximum Gasteiger partial charge on any atom is 0.343 e. The quantitative estimate of drug-likeness (QED) is 0.434. The molecule has 1 unspecified atom stereocenters. The Morgan fingerprint density at radius 1 is 1.13 bits per heavy atom. The number of esters is 2. The third-order valence-corrected chi connectivity index (χ3v) is 5.05. The number of hydrogen-bond donors (Lipinski definition) is 0. The van der Waals surface area contributed by atoms with Gasteiger partial charge in [0, 0.05) is 11.5 Å². The first kappa shape index (κ1) is 19.7. The zero-order valence-corrected chi connectivity index (χ0v) is 16.8. The average molecular weight is 408 g/mol. The lowest BCUT2D eigenvalue weighted by molar-refractivity contribution is -0.143. The van der Waals surface area contributed by atoms with Gasteiger partial charge in [-0.25, -0.2) is 4.79 Å². The van der Waals surface area contributed by atoms with Crippen molar-refractivity contribution in [2.45, 2.75) is 26.2 Å². The number of ketones is 1. The highest BCUT2D eigenvalue weighted by Gasteiger charge is 2.38. The molecule has 30 heavy (non-hydrogen) atoms. The first-order valence-electron chi connectivity index (χ1n) is 9.46. The Morgan fingerprint density at radius 3 is 2.67 bits per heavy atom. The summed E-state index contributed by atoms with van der Waals surface area (Å²) in [5.41, 5.74) is 2.66. The lowest BCUT2D eigenvalue weighted by Crippen LogP contribution is -2.21. The van der Waals surface area contributed by atoms with E-state index in [1.807, 2.05) is 19.9 Å². The van der Waals surface area contributed by atoms with E-state index in [0.29, 0.717) is 34.1 Å². The van der Waals surface area contributed by atoms with Crippen LogP contribution in [0.5, 0.6) is 17.2 Å². The Bertz CT molecular complexity index is 1090. The number of carbonyl (C=O) groups is 3. The van der Waals surface area contributed by atoms with Crippen LogP contribution in [0.1, 0.15) is 47.7 Å². The molecule has 2 heterocycles. The summed E-state index contributed by atoms with van der Waals surface area (Å²) in [6.07, 6.45) is 0.0889. The second-order valence-corrected chi connectivity index (χ2v) is 7.28. The molecule has 0 saturated carbocycles. The van der Waals surface area contributed by atoms with Gasteiger partial charge in [-0.3, -0.25) is 9.59 Å². The number of carbonyl (C=O) groups excluding carboxylic acids is 3. The second kappa shape index (κ2) is 7.67. The van der Waals surface area contributed by atoms with E-state index in [4.69, 9.17) is 14.2 Å². The fraction of sp³-hybridized carbons (Fsp3) is 0.261. The van der Waals surface area contributed by atoms with Gasteiger partial charge in [0.15, 0.2) is 12.4 Å². The maximum absolute atomic E-state index is 12.7. The zero-order chi connectivity index (χ0) is 21.4. The van der Waals surface area contributed by atoms with Crippen LogP contribution < -0.4 is 14.2 Å². The lowest BCUT2D eigenvalue weighted by atomic mass is 9.84. The zero-order valence-electron chi connectivity index (χ0n) is 16.8. The highest BCUT2D eigenvalue weighted by Crippen LogP contribution is 2.49. The molecule has 7 nitrogen and oxygen atoms in total. The monoisotopic (exact) mass is 408 g/mol. The number of hydrogen-bond acceptors (Lipinski definition) is 7. The Morgan fingerprint density at radius 2 is 1.93 bits per heavy atom. The highest BCUT2D eigenvalue weighted by molar-refractivity contribution is 6.13. The Kier molecular flexibility index (Phi) is 5.03. The number of allylic oxidation sites excluding steroid dienone is 2. The molecule has 0 fully saturated rings. The molecular formula is C23H20O7. The number of benzene rings is 2. The van der Waals surface area contributed by atoms with E-state index in [1.165, 1.54) is 7.11 Å². The molecule has 154 valence electrons. The Balaban J connectivity index is 1.77. The van der Waals surface area contributed by atoms with Crippen molar-refractivity contribution in [2.75, 3.05) is 13.7 Å². The molecule has 2 aliphatic heterocycles. The number of fused-ring (bicyclic) bond motifs is 3. The van der Waals surface area contributed by atoms with Crippen LogP contribution >= 0.6 is 0 Å². The smallest absolute Gasteiger partial charge is 0.343 e. The lowest BCUT2D eigenvalue weighted by Gasteiger charge is -2.26. The van der Waals surface area contributed by atoms with Gasteiger partial charge in [0.2, 0.25) is 5.78 Å². The van der Waals surface area contributed by atoms with Crippen molar-refractivity contribution < 1.29 is 33.3 Å². The largest absolute Gasteiger partial charge is 0.482 e. The second-order valence-electron chi connectivity index (χ2n) is 7.28. The normalized spacial score (nSPS) is 16.9. The van der Waals surface area contributed by atoms with Gasteiger partial charge in [-0.05, 0) is 49.2 Å². The van der Waals surface area contributed by atoms with Crippen molar-refractivity contribution in [3.8, 4) is 17.2 Å². The molecule has 2 aliphatic rings. The van der Waals surface area contributed by atoms with Gasteiger partial charge >= 0.3 is 11.9 Å². The van der Waals surface area contributed by atoms with Crippen molar-refractivity contribution in [1.82, 2.24) is 0 Å². The fourth-order valence-electron chi connectivity index (χ4n) is 3.63. The molecule has 0 spiro atoms. The molecule has 4 rings (SSSR count). The van der Waals surface area contributed by atoms with Crippen molar-refractivity contribution in [1.29, 1.82) is 0 Å². The van der Waals surface area contributed by atoms with Crippen LogP contribution in [0.2, 0.25) is 0 Å². The third-order valence-electron chi connectivity index (χ3n) is 5.05. The molecule has 0 N–H and O–H groups in total. The van der Waals surface area contributed by atoms with E-state index < -0.39 is 5.97 Å². The van der Waals surface area contributed by atoms with Crippen LogP contribution in [-0.2, 0) is 14.3 Å². The fourth-order valence-corrected chi connectivity index (χ4v) is 3.63. The summed E-state index contributed by atoms with van der Waals surface area (Å²) < 4.78 is 21.4. The van der Waals surface area contributed by atoms with Crippen LogP contribution in [0.3, 0.4) is 0 Å². The molecule has 0 radical (unpaired) electrons. The Labute approximate surface area is 173 Å². The predicted octanol–water partition coefficient (Wildman–Crippen LogP) is 3.55. The van der Waals surface area contributed by atoms with Gasteiger partial charge < -0.3 is 18.9 Å². The van der Waals surface area contributed by atoms with Crippen molar-refractivity contribution >= 4 is 17.7 Å². The highest BCUT2D eigenvalue weighted by atomic mass is 16.6. The average Bonchev–Trinajstić information content (AvgIpc) is 3.08. The summed E-state index contributed by atoms with van der Waals surface area (Å²) in [4.78, 5) is 36.3. The van der Waals surface area contributed by atoms with Gasteiger partial charge in [0.05, 0.1) is 19.1 Å². The van der Waals surface area contributed by atoms with Gasteiger partial charge in [-0.1, -0.05) is 12.1 Å². The van der Waals surface area contributed by atoms with Gasteiger partial charge in [-0.15, -0.1) is 0 Å². The SMILES string of the molecule is COC(=O)COc1cccc(C2CC(=O)Oc3ccc4c(c32)OC(=C(C)C)C4=O)c1. The third kappa shape index (κ3) is 3.43. The first-order valence-corrected chi connectivity index (χ1v) is 9.46. The van der Waals surface area contributed by atoms with E-state index in [2.05, 4.69) is 4.74 Å². The van der Waals surface area contributed by atoms with E-state index >= 15 is 0 Å². The van der Waals surface area contributed by atoms with Crippen molar-refractivity contribution in [3.05, 3.63) is 64.4 Å². The number of Topliss-reactive ketones (excluding diaryl/α,β-unsaturated/α-hetero) is 1. The van der Waals surface area contributed by atoms with Crippen LogP contribution in [-0.4, -0.2) is 31.4 Å². The van der Waals surface area contributed by atoms with Gasteiger partial charge in [-0.2, -0.15) is 0 Å². The van der Waals surface area contributed by atoms with E-state index in [-0.39, 0.29) is 30.7 Å². The minimum Gasteiger partial charge on any atom is -0.482 e. The molecule has 2 aromatic rings. The minimum atomic E-state index is -0.494. The molecule has 0 aromatic heterocycles. The van der Waals surface area contributed by atoms with Crippen molar-refractivity contribution in [3.63, 3.8) is 0 Å². The first-order chi connectivity index (χ1) is 14.4. The van der Waals surface area contributed by atoms with Crippen LogP contribution in [0.4, 0.5) is 0 Å². The summed E-state index contributed by atoms with van der Waals surface area (Å²) >= 11 is 0. The maximum atomic E-state index is 12.7. The number of rotatable bonds is 4. The van der Waals surface area contributed by atoms with Crippen LogP contribution in [0, 0.1) is 0 Å². The van der Waals surface area contributed by atoms with E-state index in [1.54, 1.807) is 30.3 Å². The molecule has 0 amide bonds. The summed E-state index contributed by atoms with van der Waals surface area (Å²) in [7, 11) is 1.29. The minimum absolute atomic E-state index is 0.0889. The Hall–Kier alpha value is -3.61. The van der Waals surface area contributed by atoms with E-state index in [9.17, 15) is 14.4 Å². The van der Waals surface area contributed by atoms with Gasteiger partial charge in [0.1, 0.15) is 17.2 Å². The van der Waals surface area contributed by atoms with Crippen LogP contribution in [0.15, 0.2) is 47.7 Å². The van der Waals surface area contributed by atoms with E-state index in [0.717, 1.165) is 11.1 Å². The van der Waals surface area contributed by atoms with Crippen LogP contribution in [0.25, 0.3) is 0 Å². The number of ether oxygens (including phenoxy) is 4. The summed E-state index contributed by atoms with van der Waals surface area (Å²) in [5, 5.41) is 0. The van der Waals surface area contributed by atoms with Gasteiger partial charge in [0.25, 0.3) is 0 Å². The standard InChI is InChI=1S/C23H20O7/c1-12(2)22-21(26)15-7-8-17-20(23(15)30-22)16(10-18(24)29-17)13-5-4-6-14(9-13)28-11-19(25)27-3/h4-9,16H,10-11H2,1-3H3. The van der Waals surface area contributed by atoms with Crippen molar-refractivity contribution in [2.24, 2.45) is 0 Å². The number of methoxy groups -OCH3 is 1. The summed E-state index contributed by atoms with van der Waals surface area (Å²) in [6.45, 7) is 3.40. The summed E-state index contributed by atoms with van der Waals surface area (Å²) in [5.74, 6) is 0.120. The predicted molar refractivity (Wildman–Crippen MR) is 106 cm³/mol. The summed E-state index contributed by atoms with van der Waals surface area (Å²) in [6, 6.07) is 10.4. The molecule has 2 aromatic carbocycles. The molecule has 0 bridgehead atoms.